The van der Waals surface area contributed by atoms with Gasteiger partial charge in [0.15, 0.2) is 0 Å². The van der Waals surface area contributed by atoms with Crippen LogP contribution in [0.2, 0.25) is 0 Å². The Kier molecular flexibility index (Phi) is 5.48. The highest BCUT2D eigenvalue weighted by atomic mass is 16.5. The molecule has 0 radical (unpaired) electrons. The zero-order valence-corrected chi connectivity index (χ0v) is 13.0. The molecule has 0 bridgehead atoms. The third kappa shape index (κ3) is 4.17. The van der Waals surface area contributed by atoms with Crippen molar-refractivity contribution in [2.75, 3.05) is 20.2 Å². The molecule has 0 aliphatic rings. The first-order valence-electron chi connectivity index (χ1n) is 7.22. The molecule has 0 fully saturated rings. The van der Waals surface area contributed by atoms with Crippen molar-refractivity contribution in [3.63, 3.8) is 0 Å². The number of hydrogen-bond donors (Lipinski definition) is 2. The minimum Gasteiger partial charge on any atom is -0.494 e. The molecule has 0 unspecified atom stereocenters. The van der Waals surface area contributed by atoms with Gasteiger partial charge in [-0.05, 0) is 24.6 Å². The molecule has 7 nitrogen and oxygen atoms in total. The van der Waals surface area contributed by atoms with Crippen molar-refractivity contribution < 1.29 is 14.6 Å². The topological polar surface area (TPSA) is 95.5 Å². The fraction of sp³-hybridized carbons (Fsp3) is 0.312. The Morgan fingerprint density at radius 1 is 1.48 bits per heavy atom. The standard InChI is InChI=1S/C16H19N3O4/c1-3-23-12-6-4-5-11(7-12)14(20)9-19(2)16(22)13-8-17-10-18-15(13)21/h4-8,10,14,20H,3,9H2,1-2H3,(H,17,18,21)/t14-/m1/s1. The summed E-state index contributed by atoms with van der Waals surface area (Å²) in [5.74, 6) is 0.154. The lowest BCUT2D eigenvalue weighted by atomic mass is 10.1. The van der Waals surface area contributed by atoms with Gasteiger partial charge in [-0.15, -0.1) is 0 Å². The number of aromatic amines is 1. The molecule has 2 rings (SSSR count). The van der Waals surface area contributed by atoms with Crippen LogP contribution in [0.3, 0.4) is 0 Å². The molecular formula is C16H19N3O4. The van der Waals surface area contributed by atoms with Crippen molar-refractivity contribution in [2.24, 2.45) is 0 Å². The highest BCUT2D eigenvalue weighted by Gasteiger charge is 2.19. The van der Waals surface area contributed by atoms with Crippen molar-refractivity contribution >= 4 is 5.91 Å². The third-order valence-electron chi connectivity index (χ3n) is 3.30. The second kappa shape index (κ2) is 7.55. The Morgan fingerprint density at radius 2 is 2.26 bits per heavy atom. The van der Waals surface area contributed by atoms with Crippen LogP contribution in [0.5, 0.6) is 5.75 Å². The van der Waals surface area contributed by atoms with E-state index in [-0.39, 0.29) is 12.1 Å². The van der Waals surface area contributed by atoms with E-state index in [4.69, 9.17) is 4.74 Å². The SMILES string of the molecule is CCOc1cccc([C@H](O)CN(C)C(=O)c2cnc[nH]c2=O)c1. The highest BCUT2D eigenvalue weighted by molar-refractivity contribution is 5.93. The summed E-state index contributed by atoms with van der Waals surface area (Å²) in [7, 11) is 1.52. The maximum absolute atomic E-state index is 12.2. The van der Waals surface area contributed by atoms with E-state index in [2.05, 4.69) is 9.97 Å². The Morgan fingerprint density at radius 3 is 2.96 bits per heavy atom. The van der Waals surface area contributed by atoms with Gasteiger partial charge in [-0.25, -0.2) is 4.98 Å². The number of ether oxygens (including phenoxy) is 1. The van der Waals surface area contributed by atoms with Gasteiger partial charge >= 0.3 is 0 Å². The molecule has 1 aromatic heterocycles. The number of nitrogens with one attached hydrogen (secondary N) is 1. The van der Waals surface area contributed by atoms with Crippen LogP contribution in [0.15, 0.2) is 41.6 Å². The number of nitrogens with zero attached hydrogens (tertiary/aromatic N) is 2. The summed E-state index contributed by atoms with van der Waals surface area (Å²) in [4.78, 5) is 31.2. The number of H-pyrrole nitrogens is 1. The second-order valence-electron chi connectivity index (χ2n) is 5.00. The van der Waals surface area contributed by atoms with Crippen LogP contribution in [0.1, 0.15) is 28.9 Å². The molecule has 2 aromatic rings. The van der Waals surface area contributed by atoms with E-state index in [0.717, 1.165) is 0 Å². The number of aliphatic hydroxyl groups excluding tert-OH is 1. The Hall–Kier alpha value is -2.67. The molecule has 1 amide bonds. The number of amides is 1. The van der Waals surface area contributed by atoms with Gasteiger partial charge < -0.3 is 19.7 Å². The molecular weight excluding hydrogens is 298 g/mol. The van der Waals surface area contributed by atoms with Gasteiger partial charge in [0.2, 0.25) is 0 Å². The fourth-order valence-electron chi connectivity index (χ4n) is 2.13. The number of rotatable bonds is 6. The molecule has 0 saturated carbocycles. The van der Waals surface area contributed by atoms with Crippen LogP contribution in [0.25, 0.3) is 0 Å². The van der Waals surface area contributed by atoms with Crippen LogP contribution in [0.4, 0.5) is 0 Å². The maximum Gasteiger partial charge on any atom is 0.263 e. The van der Waals surface area contributed by atoms with E-state index in [0.29, 0.717) is 17.9 Å². The Bertz CT molecular complexity index is 729. The van der Waals surface area contributed by atoms with Gasteiger partial charge in [-0.2, -0.15) is 0 Å². The monoisotopic (exact) mass is 317 g/mol. The average molecular weight is 317 g/mol. The number of aromatic nitrogens is 2. The van der Waals surface area contributed by atoms with Gasteiger partial charge in [0, 0.05) is 13.2 Å². The van der Waals surface area contributed by atoms with Gasteiger partial charge in [-0.3, -0.25) is 9.59 Å². The van der Waals surface area contributed by atoms with Crippen LogP contribution in [-0.4, -0.2) is 46.1 Å². The van der Waals surface area contributed by atoms with E-state index < -0.39 is 17.6 Å². The van der Waals surface area contributed by atoms with E-state index >= 15 is 0 Å². The molecule has 0 spiro atoms. The van der Waals surface area contributed by atoms with Crippen molar-refractivity contribution in [3.8, 4) is 5.75 Å². The molecule has 0 saturated heterocycles. The predicted molar refractivity (Wildman–Crippen MR) is 84.4 cm³/mol. The molecule has 0 aliphatic heterocycles. The average Bonchev–Trinajstić information content (AvgIpc) is 2.55. The number of benzene rings is 1. The molecule has 1 atom stereocenters. The number of likely N-dealkylation sites (N-methyl/N-ethyl adjacent to an activating group) is 1. The predicted octanol–water partition coefficient (Wildman–Crippen LogP) is 0.974. The van der Waals surface area contributed by atoms with Crippen LogP contribution < -0.4 is 10.3 Å². The van der Waals surface area contributed by atoms with Crippen LogP contribution in [0, 0.1) is 0 Å². The zero-order valence-electron chi connectivity index (χ0n) is 13.0. The van der Waals surface area contributed by atoms with E-state index in [1.54, 1.807) is 24.3 Å². The van der Waals surface area contributed by atoms with Crippen molar-refractivity contribution in [2.45, 2.75) is 13.0 Å². The maximum atomic E-state index is 12.2. The third-order valence-corrected chi connectivity index (χ3v) is 3.30. The van der Waals surface area contributed by atoms with Gasteiger partial charge in [0.25, 0.3) is 11.5 Å². The quantitative estimate of drug-likeness (QED) is 0.828. The molecule has 7 heteroatoms. The second-order valence-corrected chi connectivity index (χ2v) is 5.00. The number of aliphatic hydroxyl groups is 1. The van der Waals surface area contributed by atoms with E-state index in [1.165, 1.54) is 24.5 Å². The first-order chi connectivity index (χ1) is 11.0. The molecule has 2 N–H and O–H groups in total. The number of carbonyl (C=O) groups is 1. The smallest absolute Gasteiger partial charge is 0.263 e. The van der Waals surface area contributed by atoms with Gasteiger partial charge in [0.1, 0.15) is 11.3 Å². The lowest BCUT2D eigenvalue weighted by Gasteiger charge is -2.21. The lowest BCUT2D eigenvalue weighted by molar-refractivity contribution is 0.0678. The van der Waals surface area contributed by atoms with Crippen LogP contribution in [-0.2, 0) is 0 Å². The summed E-state index contributed by atoms with van der Waals surface area (Å²) in [6.07, 6.45) is 1.53. The lowest BCUT2D eigenvalue weighted by Crippen LogP contribution is -2.34. The first kappa shape index (κ1) is 16.7. The summed E-state index contributed by atoms with van der Waals surface area (Å²) >= 11 is 0. The summed E-state index contributed by atoms with van der Waals surface area (Å²) in [6, 6.07) is 7.05. The summed E-state index contributed by atoms with van der Waals surface area (Å²) in [5.41, 5.74) is 0.0608. The molecule has 1 aromatic carbocycles. The Balaban J connectivity index is 2.09. The minimum atomic E-state index is -0.889. The summed E-state index contributed by atoms with van der Waals surface area (Å²) in [5, 5.41) is 10.3. The molecule has 122 valence electrons. The number of hydrogen-bond acceptors (Lipinski definition) is 5. The fourth-order valence-corrected chi connectivity index (χ4v) is 2.13. The van der Waals surface area contributed by atoms with Gasteiger partial charge in [-0.1, -0.05) is 12.1 Å². The Labute approximate surface area is 133 Å². The minimum absolute atomic E-state index is 0.0444. The summed E-state index contributed by atoms with van der Waals surface area (Å²) < 4.78 is 5.39. The van der Waals surface area contributed by atoms with E-state index in [9.17, 15) is 14.7 Å². The van der Waals surface area contributed by atoms with E-state index in [1.807, 2.05) is 6.92 Å². The normalized spacial score (nSPS) is 11.8. The van der Waals surface area contributed by atoms with Crippen LogP contribution >= 0.6 is 0 Å². The van der Waals surface area contributed by atoms with Crippen molar-refractivity contribution in [1.82, 2.24) is 14.9 Å². The highest BCUT2D eigenvalue weighted by Crippen LogP contribution is 2.20. The van der Waals surface area contributed by atoms with Crippen molar-refractivity contribution in [3.05, 3.63) is 58.3 Å². The first-order valence-corrected chi connectivity index (χ1v) is 7.22. The molecule has 0 aliphatic carbocycles. The molecule has 23 heavy (non-hydrogen) atoms. The summed E-state index contributed by atoms with van der Waals surface area (Å²) in [6.45, 7) is 2.45. The largest absolute Gasteiger partial charge is 0.494 e. The zero-order chi connectivity index (χ0) is 16.8. The van der Waals surface area contributed by atoms with Crippen molar-refractivity contribution in [1.29, 1.82) is 0 Å². The van der Waals surface area contributed by atoms with Gasteiger partial charge in [0.05, 0.1) is 25.6 Å². The molecule has 1 heterocycles. The number of carbonyl (C=O) groups excluding carboxylic acids is 1.